The molecule has 5 heterocycles. The van der Waals surface area contributed by atoms with Crippen molar-refractivity contribution in [2.24, 2.45) is 5.73 Å². The van der Waals surface area contributed by atoms with Gasteiger partial charge in [-0.1, -0.05) is 30.3 Å². The molecule has 2 aliphatic heterocycles. The lowest BCUT2D eigenvalue weighted by atomic mass is 10.1. The molecule has 4 aromatic rings. The Balaban J connectivity index is 1.09. The molecule has 332 valence electrons. The summed E-state index contributed by atoms with van der Waals surface area (Å²) < 4.78 is 64.8. The van der Waals surface area contributed by atoms with Crippen LogP contribution in [0.1, 0.15) is 43.7 Å². The van der Waals surface area contributed by atoms with Gasteiger partial charge in [0.1, 0.15) is 61.0 Å². The lowest BCUT2D eigenvalue weighted by Crippen LogP contribution is -2.43. The van der Waals surface area contributed by atoms with Crippen LogP contribution in [-0.4, -0.2) is 117 Å². The zero-order valence-corrected chi connectivity index (χ0v) is 33.8. The van der Waals surface area contributed by atoms with Crippen molar-refractivity contribution >= 4 is 50.5 Å². The highest BCUT2D eigenvalue weighted by Crippen LogP contribution is 2.50. The Morgan fingerprint density at radius 2 is 1.74 bits per heavy atom. The summed E-state index contributed by atoms with van der Waals surface area (Å²) >= 11 is 0. The molecular weight excluding hydrogens is 854 g/mol. The van der Waals surface area contributed by atoms with Crippen LogP contribution in [0, 0.1) is 0 Å². The summed E-state index contributed by atoms with van der Waals surface area (Å²) in [5.41, 5.74) is 17.9. The number of phosphoric ester groups is 2. The number of anilines is 2. The van der Waals surface area contributed by atoms with Gasteiger partial charge in [-0.15, -0.1) is 0 Å². The van der Waals surface area contributed by atoms with Crippen LogP contribution in [0.2, 0.25) is 0 Å². The minimum atomic E-state index is -5.18. The SMILES string of the molecule is Nc1ccn([C@H]2C[C@H](OP(=O)(O)OCC3OC(n4cnc5c(N)ncnc54)C(O)C3OC(=O)[C@H](N)CCCCNC(=O)OCc3ccccc3)[C@@H](COP(=O)(O)O)O2)c(=O)n1. The normalized spacial score (nSPS) is 24.3. The van der Waals surface area contributed by atoms with Crippen molar-refractivity contribution in [1.29, 1.82) is 0 Å². The van der Waals surface area contributed by atoms with Crippen LogP contribution in [0.3, 0.4) is 0 Å². The number of esters is 1. The fraction of sp³-hybridized carbons (Fsp3) is 0.485. The number of amides is 1. The van der Waals surface area contributed by atoms with Gasteiger partial charge in [0.2, 0.25) is 0 Å². The van der Waals surface area contributed by atoms with E-state index in [-0.39, 0.29) is 48.8 Å². The number of nitrogen functional groups attached to an aromatic ring is 2. The molecule has 2 fully saturated rings. The van der Waals surface area contributed by atoms with Gasteiger partial charge in [-0.2, -0.15) is 4.98 Å². The minimum Gasteiger partial charge on any atom is -0.455 e. The number of aliphatic hydroxyl groups excluding tert-OH is 1. The summed E-state index contributed by atoms with van der Waals surface area (Å²) in [6.07, 6.45) is -6.64. The topological polar surface area (TPSA) is 382 Å². The maximum absolute atomic E-state index is 13.4. The van der Waals surface area contributed by atoms with Crippen molar-refractivity contribution in [3.63, 3.8) is 0 Å². The molecule has 0 saturated carbocycles. The molecule has 2 aliphatic rings. The summed E-state index contributed by atoms with van der Waals surface area (Å²) in [6.45, 7) is -1.38. The van der Waals surface area contributed by atoms with Crippen LogP contribution >= 0.6 is 15.6 Å². The fourth-order valence-corrected chi connectivity index (χ4v) is 7.70. The number of carbonyl (C=O) groups is 2. The average Bonchev–Trinajstić information content (AvgIpc) is 3.90. The summed E-state index contributed by atoms with van der Waals surface area (Å²) in [6, 6.07) is 9.18. The van der Waals surface area contributed by atoms with Crippen molar-refractivity contribution in [2.75, 3.05) is 31.2 Å². The molecule has 0 spiro atoms. The van der Waals surface area contributed by atoms with Crippen molar-refractivity contribution < 1.29 is 71.0 Å². The molecule has 2 saturated heterocycles. The number of fused-ring (bicyclic) bond motifs is 1. The maximum atomic E-state index is 13.4. The fourth-order valence-electron chi connectivity index (χ4n) is 6.40. The largest absolute Gasteiger partial charge is 0.472 e. The standard InChI is InChI=1S/C33H44N10O16P2/c34-19(8-4-5-10-37-33(47)53-13-18-6-2-1-3-7-18)31(45)58-27-22(57-30(26(27)44)43-17-40-25-28(36)38-16-39-29(25)43)15-55-61(51,52)59-20-12-24(42-11-9-23(35)41-32(42)46)56-21(20)14-54-60(48,49)50/h1-3,6-7,9,11,16-17,19-22,24,26-27,30,44H,4-5,8,10,12-15,34H2,(H,37,47)(H,51,52)(H2,35,41,46)(H2,36,38,39)(H2,48,49,50)/t19-,20+,21-,22?,24-,26?,27?,30?/m1/s1. The Morgan fingerprint density at radius 1 is 0.984 bits per heavy atom. The number of phosphoric acid groups is 2. The van der Waals surface area contributed by atoms with Crippen molar-refractivity contribution in [3.05, 3.63) is 71.3 Å². The van der Waals surface area contributed by atoms with E-state index in [1.807, 2.05) is 30.3 Å². The third-order valence-corrected chi connectivity index (χ3v) is 10.9. The lowest BCUT2D eigenvalue weighted by molar-refractivity contribution is -0.158. The van der Waals surface area contributed by atoms with Gasteiger partial charge in [0.25, 0.3) is 0 Å². The van der Waals surface area contributed by atoms with Gasteiger partial charge in [0, 0.05) is 19.2 Å². The summed E-state index contributed by atoms with van der Waals surface area (Å²) in [5.74, 6) is -1.05. The second kappa shape index (κ2) is 19.8. The number of aliphatic hydroxyl groups is 1. The highest BCUT2D eigenvalue weighted by atomic mass is 31.2. The number of aromatic nitrogens is 6. The summed E-state index contributed by atoms with van der Waals surface area (Å²) in [5, 5.41) is 14.1. The van der Waals surface area contributed by atoms with E-state index in [0.29, 0.717) is 12.8 Å². The molecule has 11 N–H and O–H groups in total. The number of imidazole rings is 1. The Morgan fingerprint density at radius 3 is 2.48 bits per heavy atom. The van der Waals surface area contributed by atoms with Crippen LogP contribution < -0.4 is 28.2 Å². The number of alkyl carbamates (subject to hydrolysis) is 1. The molecule has 9 atom stereocenters. The molecule has 0 radical (unpaired) electrons. The first-order chi connectivity index (χ1) is 29.0. The zero-order valence-electron chi connectivity index (χ0n) is 32.0. The molecule has 26 nitrogen and oxygen atoms in total. The molecule has 6 rings (SSSR count). The lowest BCUT2D eigenvalue weighted by Gasteiger charge is -2.24. The quantitative estimate of drug-likeness (QED) is 0.0341. The Labute approximate surface area is 345 Å². The first-order valence-corrected chi connectivity index (χ1v) is 21.5. The number of hydrogen-bond donors (Lipinski definition) is 8. The van der Waals surface area contributed by atoms with Gasteiger partial charge < -0.3 is 61.3 Å². The van der Waals surface area contributed by atoms with E-state index in [1.54, 1.807) is 0 Å². The molecule has 61 heavy (non-hydrogen) atoms. The highest BCUT2D eigenvalue weighted by molar-refractivity contribution is 7.47. The van der Waals surface area contributed by atoms with Crippen LogP contribution in [0.15, 0.2) is 60.0 Å². The number of benzene rings is 1. The van der Waals surface area contributed by atoms with E-state index in [4.69, 9.17) is 45.2 Å². The molecule has 5 unspecified atom stereocenters. The van der Waals surface area contributed by atoms with Crippen molar-refractivity contribution in [3.8, 4) is 0 Å². The van der Waals surface area contributed by atoms with Gasteiger partial charge in [-0.05, 0) is 30.9 Å². The predicted molar refractivity (Wildman–Crippen MR) is 206 cm³/mol. The second-order valence-corrected chi connectivity index (χ2v) is 16.4. The van der Waals surface area contributed by atoms with Crippen LogP contribution in [0.25, 0.3) is 11.2 Å². The first kappa shape index (κ1) is 45.6. The van der Waals surface area contributed by atoms with E-state index < -0.39 is 95.6 Å². The second-order valence-electron chi connectivity index (χ2n) is 13.7. The summed E-state index contributed by atoms with van der Waals surface area (Å²) in [7, 11) is -10.2. The van der Waals surface area contributed by atoms with Gasteiger partial charge in [-0.3, -0.25) is 27.5 Å². The first-order valence-electron chi connectivity index (χ1n) is 18.5. The molecule has 1 amide bonds. The van der Waals surface area contributed by atoms with Gasteiger partial charge in [-0.25, -0.2) is 33.7 Å². The van der Waals surface area contributed by atoms with Gasteiger partial charge in [0.05, 0.1) is 19.5 Å². The smallest absolute Gasteiger partial charge is 0.455 e. The number of rotatable bonds is 19. The van der Waals surface area contributed by atoms with E-state index in [0.717, 1.165) is 16.5 Å². The minimum absolute atomic E-state index is 0.0166. The van der Waals surface area contributed by atoms with Crippen LogP contribution in [0.4, 0.5) is 16.4 Å². The predicted octanol–water partition coefficient (Wildman–Crippen LogP) is -0.259. The van der Waals surface area contributed by atoms with Gasteiger partial charge in [0.15, 0.2) is 23.8 Å². The number of unbranched alkanes of at least 4 members (excludes halogenated alkanes) is 1. The van der Waals surface area contributed by atoms with E-state index >= 15 is 0 Å². The average molecular weight is 899 g/mol. The van der Waals surface area contributed by atoms with E-state index in [9.17, 15) is 43.3 Å². The molecule has 1 aromatic carbocycles. The van der Waals surface area contributed by atoms with Crippen LogP contribution in [-0.2, 0) is 53.1 Å². The molecule has 0 aliphatic carbocycles. The number of nitrogens with zero attached hydrogens (tertiary/aromatic N) is 6. The number of nitrogens with two attached hydrogens (primary N) is 3. The molecule has 3 aromatic heterocycles. The molecular formula is C33H44N10O16P2. The monoisotopic (exact) mass is 898 g/mol. The maximum Gasteiger partial charge on any atom is 0.472 e. The van der Waals surface area contributed by atoms with Crippen LogP contribution in [0.5, 0.6) is 0 Å². The van der Waals surface area contributed by atoms with E-state index in [1.165, 1.54) is 23.2 Å². The Kier molecular flexibility index (Phi) is 14.8. The van der Waals surface area contributed by atoms with E-state index in [2.05, 4.69) is 29.8 Å². The number of ether oxygens (including phenoxy) is 4. The Hall–Kier alpha value is -4.95. The third-order valence-electron chi connectivity index (χ3n) is 9.37. The summed E-state index contributed by atoms with van der Waals surface area (Å²) in [4.78, 5) is 83.0. The third kappa shape index (κ3) is 12.1. The highest BCUT2D eigenvalue weighted by Gasteiger charge is 2.50. The molecule has 28 heteroatoms. The van der Waals surface area contributed by atoms with Crippen molar-refractivity contribution in [2.45, 2.75) is 81.3 Å². The number of hydrogen-bond acceptors (Lipinski definition) is 20. The molecule has 0 bridgehead atoms. The zero-order chi connectivity index (χ0) is 43.9. The number of nitrogens with one attached hydrogen (secondary N) is 1. The Bertz CT molecular complexity index is 2300. The van der Waals surface area contributed by atoms with Gasteiger partial charge >= 0.3 is 33.4 Å². The number of carbonyl (C=O) groups excluding carboxylic acids is 2. The van der Waals surface area contributed by atoms with Crippen molar-refractivity contribution in [1.82, 2.24) is 34.4 Å².